The number of hydrogen-bond donors (Lipinski definition) is 1. The number of carbonyl (C=O) groups is 2. The van der Waals surface area contributed by atoms with Gasteiger partial charge in [-0.3, -0.25) is 9.59 Å². The fourth-order valence-electron chi connectivity index (χ4n) is 3.27. The van der Waals surface area contributed by atoms with Crippen molar-refractivity contribution in [2.45, 2.75) is 25.8 Å². The summed E-state index contributed by atoms with van der Waals surface area (Å²) < 4.78 is 0. The summed E-state index contributed by atoms with van der Waals surface area (Å²) in [5.74, 6) is -0.226. The second-order valence-electron chi connectivity index (χ2n) is 6.24. The van der Waals surface area contributed by atoms with E-state index in [9.17, 15) is 9.59 Å². The maximum Gasteiger partial charge on any atom is 0.227 e. The molecule has 1 aliphatic rings. The Labute approximate surface area is 152 Å². The Balaban J connectivity index is 2.00. The summed E-state index contributed by atoms with van der Waals surface area (Å²) in [7, 11) is 0. The quantitative estimate of drug-likeness (QED) is 0.829. The van der Waals surface area contributed by atoms with Crippen molar-refractivity contribution in [1.29, 1.82) is 0 Å². The zero-order valence-electron chi connectivity index (χ0n) is 14.3. The number of carbonyl (C=O) groups excluding carboxylic acids is 2. The number of piperidine rings is 1. The Kier molecular flexibility index (Phi) is 5.34. The first-order valence-corrected chi connectivity index (χ1v) is 9.30. The Morgan fingerprint density at radius 3 is 2.76 bits per heavy atom. The highest BCUT2D eigenvalue weighted by molar-refractivity contribution is 7.10. The van der Waals surface area contributed by atoms with Gasteiger partial charge in [0, 0.05) is 23.5 Å². The largest absolute Gasteiger partial charge is 0.352 e. The minimum atomic E-state index is -0.270. The van der Waals surface area contributed by atoms with E-state index in [4.69, 9.17) is 0 Å². The molecule has 0 saturated carbocycles. The molecule has 2 heterocycles. The molecule has 4 nitrogen and oxygen atoms in total. The van der Waals surface area contributed by atoms with E-state index < -0.39 is 0 Å². The molecule has 2 unspecified atom stereocenters. The highest BCUT2D eigenvalue weighted by atomic mass is 32.1. The Hall–Kier alpha value is -2.40. The number of aryl methyl sites for hydroxylation is 1. The van der Waals surface area contributed by atoms with Gasteiger partial charge in [0.1, 0.15) is 0 Å². The predicted octanol–water partition coefficient (Wildman–Crippen LogP) is 3.84. The number of benzene rings is 1. The fraction of sp³-hybridized carbons (Fsp3) is 0.300. The minimum Gasteiger partial charge on any atom is -0.352 e. The standard InChI is InChI=1S/C20H22N2O2S/c1-3-12-21-20(24)16-10-11-18(23)22(15-8-6-14(2)7-9-15)19(16)17-5-4-13-25-17/h3-9,13,16,19H,1,10-12H2,2H3,(H,21,24). The van der Waals surface area contributed by atoms with Gasteiger partial charge < -0.3 is 10.2 Å². The molecule has 1 N–H and O–H groups in total. The molecule has 1 aliphatic heterocycles. The normalized spacial score (nSPS) is 20.4. The third-order valence-corrected chi connectivity index (χ3v) is 5.44. The van der Waals surface area contributed by atoms with Gasteiger partial charge in [0.25, 0.3) is 0 Å². The van der Waals surface area contributed by atoms with E-state index in [-0.39, 0.29) is 23.8 Å². The Morgan fingerprint density at radius 1 is 1.36 bits per heavy atom. The van der Waals surface area contributed by atoms with Crippen molar-refractivity contribution in [3.05, 3.63) is 64.9 Å². The maximum absolute atomic E-state index is 12.8. The second-order valence-corrected chi connectivity index (χ2v) is 7.22. The molecular formula is C20H22N2O2S. The van der Waals surface area contributed by atoms with Crippen LogP contribution in [-0.4, -0.2) is 18.4 Å². The number of nitrogens with zero attached hydrogens (tertiary/aromatic N) is 1. The molecule has 0 aliphatic carbocycles. The lowest BCUT2D eigenvalue weighted by Crippen LogP contribution is -2.48. The van der Waals surface area contributed by atoms with Crippen molar-refractivity contribution >= 4 is 28.8 Å². The molecule has 2 aromatic rings. The van der Waals surface area contributed by atoms with Crippen molar-refractivity contribution in [1.82, 2.24) is 5.32 Å². The molecule has 1 fully saturated rings. The molecule has 25 heavy (non-hydrogen) atoms. The number of hydrogen-bond acceptors (Lipinski definition) is 3. The average Bonchev–Trinajstić information content (AvgIpc) is 3.14. The fourth-order valence-corrected chi connectivity index (χ4v) is 4.15. The Morgan fingerprint density at radius 2 is 2.12 bits per heavy atom. The lowest BCUT2D eigenvalue weighted by molar-refractivity contribution is -0.129. The smallest absolute Gasteiger partial charge is 0.227 e. The first-order chi connectivity index (χ1) is 12.1. The molecule has 0 radical (unpaired) electrons. The van der Waals surface area contributed by atoms with Gasteiger partial charge in [0.05, 0.1) is 12.0 Å². The summed E-state index contributed by atoms with van der Waals surface area (Å²) in [6, 6.07) is 11.6. The van der Waals surface area contributed by atoms with E-state index in [0.29, 0.717) is 19.4 Å². The third-order valence-electron chi connectivity index (χ3n) is 4.50. The molecule has 2 amide bonds. The van der Waals surface area contributed by atoms with E-state index in [1.54, 1.807) is 22.3 Å². The molecule has 5 heteroatoms. The molecule has 1 aromatic carbocycles. The summed E-state index contributed by atoms with van der Waals surface area (Å²) in [5.41, 5.74) is 1.98. The summed E-state index contributed by atoms with van der Waals surface area (Å²) in [6.45, 7) is 6.11. The molecule has 130 valence electrons. The van der Waals surface area contributed by atoms with Crippen LogP contribution in [0, 0.1) is 12.8 Å². The van der Waals surface area contributed by atoms with Gasteiger partial charge in [-0.15, -0.1) is 17.9 Å². The van der Waals surface area contributed by atoms with Crippen LogP contribution < -0.4 is 10.2 Å². The van der Waals surface area contributed by atoms with Gasteiger partial charge in [-0.2, -0.15) is 0 Å². The monoisotopic (exact) mass is 354 g/mol. The van der Waals surface area contributed by atoms with Crippen LogP contribution in [-0.2, 0) is 9.59 Å². The SMILES string of the molecule is C=CCNC(=O)C1CCC(=O)N(c2ccc(C)cc2)C1c1cccs1. The van der Waals surface area contributed by atoms with Gasteiger partial charge >= 0.3 is 0 Å². The van der Waals surface area contributed by atoms with Crippen molar-refractivity contribution in [3.8, 4) is 0 Å². The molecule has 0 spiro atoms. The number of amides is 2. The third kappa shape index (κ3) is 3.66. The average molecular weight is 354 g/mol. The number of anilines is 1. The van der Waals surface area contributed by atoms with Crippen LogP contribution in [0.3, 0.4) is 0 Å². The van der Waals surface area contributed by atoms with Crippen LogP contribution in [0.1, 0.15) is 29.3 Å². The van der Waals surface area contributed by atoms with E-state index >= 15 is 0 Å². The highest BCUT2D eigenvalue weighted by Gasteiger charge is 2.41. The van der Waals surface area contributed by atoms with Gasteiger partial charge in [-0.05, 0) is 36.9 Å². The van der Waals surface area contributed by atoms with E-state index in [1.165, 1.54) is 0 Å². The Bertz CT molecular complexity index is 753. The van der Waals surface area contributed by atoms with Crippen LogP contribution in [0.2, 0.25) is 0 Å². The first-order valence-electron chi connectivity index (χ1n) is 8.42. The lowest BCUT2D eigenvalue weighted by atomic mass is 9.86. The molecule has 0 bridgehead atoms. The zero-order chi connectivity index (χ0) is 17.8. The zero-order valence-corrected chi connectivity index (χ0v) is 15.1. The van der Waals surface area contributed by atoms with Crippen LogP contribution in [0.25, 0.3) is 0 Å². The van der Waals surface area contributed by atoms with Gasteiger partial charge in [0.2, 0.25) is 11.8 Å². The molecule has 1 saturated heterocycles. The summed E-state index contributed by atoms with van der Waals surface area (Å²) in [5, 5.41) is 4.89. The number of thiophene rings is 1. The van der Waals surface area contributed by atoms with Crippen LogP contribution in [0.15, 0.2) is 54.4 Å². The lowest BCUT2D eigenvalue weighted by Gasteiger charge is -2.40. The van der Waals surface area contributed by atoms with Gasteiger partial charge in [0.15, 0.2) is 0 Å². The highest BCUT2D eigenvalue weighted by Crippen LogP contribution is 2.41. The maximum atomic E-state index is 12.8. The van der Waals surface area contributed by atoms with E-state index in [1.807, 2.05) is 48.7 Å². The van der Waals surface area contributed by atoms with Gasteiger partial charge in [-0.1, -0.05) is 29.8 Å². The number of nitrogens with one attached hydrogen (secondary N) is 1. The van der Waals surface area contributed by atoms with Crippen LogP contribution >= 0.6 is 11.3 Å². The van der Waals surface area contributed by atoms with Crippen LogP contribution in [0.5, 0.6) is 0 Å². The van der Waals surface area contributed by atoms with E-state index in [0.717, 1.165) is 16.1 Å². The van der Waals surface area contributed by atoms with Crippen molar-refractivity contribution in [2.75, 3.05) is 11.4 Å². The first kappa shape index (κ1) is 17.4. The van der Waals surface area contributed by atoms with Crippen molar-refractivity contribution in [2.24, 2.45) is 5.92 Å². The topological polar surface area (TPSA) is 49.4 Å². The molecule has 2 atom stereocenters. The van der Waals surface area contributed by atoms with Crippen molar-refractivity contribution in [3.63, 3.8) is 0 Å². The molecular weight excluding hydrogens is 332 g/mol. The molecule has 3 rings (SSSR count). The van der Waals surface area contributed by atoms with E-state index in [2.05, 4.69) is 11.9 Å². The summed E-state index contributed by atoms with van der Waals surface area (Å²) in [4.78, 5) is 28.3. The van der Waals surface area contributed by atoms with Crippen LogP contribution in [0.4, 0.5) is 5.69 Å². The van der Waals surface area contributed by atoms with Crippen molar-refractivity contribution < 1.29 is 9.59 Å². The summed E-state index contributed by atoms with van der Waals surface area (Å²) >= 11 is 1.58. The number of rotatable bonds is 5. The predicted molar refractivity (Wildman–Crippen MR) is 102 cm³/mol. The second kappa shape index (κ2) is 7.66. The molecule has 1 aromatic heterocycles. The summed E-state index contributed by atoms with van der Waals surface area (Å²) in [6.07, 6.45) is 2.61. The minimum absolute atomic E-state index is 0.0251. The van der Waals surface area contributed by atoms with Gasteiger partial charge in [-0.25, -0.2) is 0 Å².